The van der Waals surface area contributed by atoms with E-state index < -0.39 is 17.4 Å². The Morgan fingerprint density at radius 2 is 1.40 bits per heavy atom. The first kappa shape index (κ1) is 39.6. The van der Waals surface area contributed by atoms with E-state index in [0.29, 0.717) is 48.5 Å². The lowest BCUT2D eigenvalue weighted by atomic mass is 9.84. The maximum Gasteiger partial charge on any atom is 0.251 e. The van der Waals surface area contributed by atoms with E-state index in [2.05, 4.69) is 16.0 Å². The summed E-state index contributed by atoms with van der Waals surface area (Å²) in [7, 11) is 3.48. The van der Waals surface area contributed by atoms with Crippen molar-refractivity contribution in [2.45, 2.75) is 72.9 Å². The third-order valence-electron chi connectivity index (χ3n) is 8.96. The van der Waals surface area contributed by atoms with Crippen molar-refractivity contribution < 1.29 is 28.7 Å². The molecule has 278 valence electrons. The highest BCUT2D eigenvalue weighted by atomic mass is 16.5. The molecule has 0 radical (unpaired) electrons. The van der Waals surface area contributed by atoms with Crippen molar-refractivity contribution in [1.82, 2.24) is 20.4 Å². The predicted molar refractivity (Wildman–Crippen MR) is 202 cm³/mol. The Labute approximate surface area is 307 Å². The fourth-order valence-electron chi connectivity index (χ4n) is 5.85. The van der Waals surface area contributed by atoms with Crippen molar-refractivity contribution in [3.05, 3.63) is 95.1 Å². The number of amides is 5. The molecular weight excluding hydrogens is 658 g/mol. The van der Waals surface area contributed by atoms with Crippen LogP contribution in [0.15, 0.2) is 72.8 Å². The van der Waals surface area contributed by atoms with E-state index in [1.54, 1.807) is 66.4 Å². The van der Waals surface area contributed by atoms with Gasteiger partial charge in [0.05, 0.1) is 6.54 Å². The molecule has 0 aliphatic carbocycles. The first-order chi connectivity index (χ1) is 24.5. The topological polar surface area (TPSA) is 137 Å². The second-order valence-electron chi connectivity index (χ2n) is 15.6. The molecule has 0 unspecified atom stereocenters. The van der Waals surface area contributed by atoms with Crippen LogP contribution in [0.3, 0.4) is 0 Å². The van der Waals surface area contributed by atoms with Crippen molar-refractivity contribution in [2.75, 3.05) is 39.1 Å². The van der Waals surface area contributed by atoms with Crippen molar-refractivity contribution in [3.63, 3.8) is 0 Å². The summed E-state index contributed by atoms with van der Waals surface area (Å²) in [6, 6.07) is 20.3. The highest BCUT2D eigenvalue weighted by Gasteiger charge is 2.29. The normalized spacial score (nSPS) is 18.9. The number of ether oxygens (including phenoxy) is 1. The molecule has 0 fully saturated rings. The number of anilines is 1. The van der Waals surface area contributed by atoms with Crippen molar-refractivity contribution >= 4 is 35.2 Å². The molecule has 0 spiro atoms. The van der Waals surface area contributed by atoms with Gasteiger partial charge < -0.3 is 30.5 Å². The molecule has 3 aromatic rings. The van der Waals surface area contributed by atoms with Gasteiger partial charge in [-0.25, -0.2) is 0 Å². The smallest absolute Gasteiger partial charge is 0.251 e. The van der Waals surface area contributed by atoms with Crippen molar-refractivity contribution in [1.29, 1.82) is 0 Å². The van der Waals surface area contributed by atoms with Gasteiger partial charge in [0.15, 0.2) is 0 Å². The van der Waals surface area contributed by atoms with E-state index in [1.807, 2.05) is 65.0 Å². The lowest BCUT2D eigenvalue weighted by Crippen LogP contribution is -2.45. The van der Waals surface area contributed by atoms with Crippen molar-refractivity contribution in [3.8, 4) is 5.75 Å². The fraction of sp³-hybridized carbons (Fsp3) is 0.439. The third kappa shape index (κ3) is 12.2. The number of hydrogen-bond donors (Lipinski definition) is 3. The number of hydrogen-bond acceptors (Lipinski definition) is 6. The number of likely N-dealkylation sites (N-methyl/N-ethyl adjacent to an activating group) is 2. The molecule has 3 aromatic carbocycles. The minimum Gasteiger partial charge on any atom is -0.492 e. The summed E-state index contributed by atoms with van der Waals surface area (Å²) in [5.41, 5.74) is 2.34. The minimum atomic E-state index is -0.799. The first-order valence-corrected chi connectivity index (χ1v) is 17.8. The van der Waals surface area contributed by atoms with Gasteiger partial charge in [0.25, 0.3) is 11.8 Å². The molecule has 4 aliphatic heterocycles. The molecule has 3 N–H and O–H groups in total. The second kappa shape index (κ2) is 17.4. The molecule has 11 nitrogen and oxygen atoms in total. The van der Waals surface area contributed by atoms with Gasteiger partial charge in [-0.05, 0) is 83.3 Å². The van der Waals surface area contributed by atoms with Crippen LogP contribution in [0.4, 0.5) is 5.69 Å². The lowest BCUT2D eigenvalue weighted by molar-refractivity contribution is -0.135. The van der Waals surface area contributed by atoms with Crippen LogP contribution in [-0.4, -0.2) is 79.2 Å². The van der Waals surface area contributed by atoms with Gasteiger partial charge >= 0.3 is 0 Å². The van der Waals surface area contributed by atoms with Crippen LogP contribution in [0.5, 0.6) is 5.75 Å². The fourth-order valence-corrected chi connectivity index (χ4v) is 5.85. The standard InChI is InChI=1S/C41H53N5O6/c1-40(2,3)24-34-39(51)43-32-15-11-28(12-16-32)19-20-45(6)35(47)25-41(4,5)26-36(48)46(7)21-22-52-33-17-13-30(14-18-33)37(49)42-27-29-9-8-10-31(23-29)38(50)44-34/h8-18,23,34H,19-22,24-27H2,1-7H3,(H,42,49)(H,43,51)(H,44,50)/t34-/m0/s1. The van der Waals surface area contributed by atoms with Crippen LogP contribution in [0.2, 0.25) is 0 Å². The van der Waals surface area contributed by atoms with Gasteiger partial charge in [-0.2, -0.15) is 0 Å². The lowest BCUT2D eigenvalue weighted by Gasteiger charge is -2.28. The number of nitrogens with zero attached hydrogens (tertiary/aromatic N) is 2. The SMILES string of the molecule is CN1CCOc2ccc(cc2)C(=O)NCc2cccc(c2)C(=O)N[C@@H](CC(C)(C)C)C(=O)Nc2ccc(cc2)CCN(C)C(=O)CC(C)(C)CC1=O. The Hall–Kier alpha value is -5.19. The summed E-state index contributed by atoms with van der Waals surface area (Å²) in [6.07, 6.45) is 1.46. The van der Waals surface area contributed by atoms with E-state index in [0.717, 1.165) is 11.1 Å². The maximum atomic E-state index is 13.5. The minimum absolute atomic E-state index is 0.0428. The summed E-state index contributed by atoms with van der Waals surface area (Å²) in [6.45, 7) is 11.2. The Balaban J connectivity index is 1.53. The van der Waals surface area contributed by atoms with Crippen molar-refractivity contribution in [2.24, 2.45) is 10.8 Å². The number of benzene rings is 3. The Bertz CT molecular complexity index is 1730. The monoisotopic (exact) mass is 711 g/mol. The van der Waals surface area contributed by atoms with E-state index >= 15 is 0 Å². The van der Waals surface area contributed by atoms with Gasteiger partial charge in [-0.3, -0.25) is 24.0 Å². The maximum absolute atomic E-state index is 13.5. The van der Waals surface area contributed by atoms with Crippen LogP contribution in [-0.2, 0) is 27.3 Å². The molecule has 4 aliphatic rings. The van der Waals surface area contributed by atoms with Crippen LogP contribution in [0, 0.1) is 10.8 Å². The largest absolute Gasteiger partial charge is 0.492 e. The highest BCUT2D eigenvalue weighted by Crippen LogP contribution is 2.27. The zero-order valence-corrected chi connectivity index (χ0v) is 31.5. The average Bonchev–Trinajstić information content (AvgIpc) is 3.08. The quantitative estimate of drug-likeness (QED) is 0.307. The first-order valence-electron chi connectivity index (χ1n) is 17.8. The molecule has 52 heavy (non-hydrogen) atoms. The van der Waals surface area contributed by atoms with Crippen LogP contribution >= 0.6 is 0 Å². The zero-order valence-electron chi connectivity index (χ0n) is 31.5. The van der Waals surface area contributed by atoms with Gasteiger partial charge in [0.2, 0.25) is 17.7 Å². The highest BCUT2D eigenvalue weighted by molar-refractivity contribution is 6.01. The van der Waals surface area contributed by atoms with E-state index in [-0.39, 0.29) is 55.0 Å². The van der Waals surface area contributed by atoms with Gasteiger partial charge in [0.1, 0.15) is 18.4 Å². The molecule has 0 aromatic heterocycles. The van der Waals surface area contributed by atoms with Gasteiger partial charge in [-0.15, -0.1) is 0 Å². The van der Waals surface area contributed by atoms with E-state index in [4.69, 9.17) is 4.74 Å². The summed E-state index contributed by atoms with van der Waals surface area (Å²) < 4.78 is 5.84. The molecule has 7 rings (SSSR count). The van der Waals surface area contributed by atoms with Crippen LogP contribution < -0.4 is 20.7 Å². The summed E-state index contributed by atoms with van der Waals surface area (Å²) in [5.74, 6) is -0.563. The predicted octanol–water partition coefficient (Wildman–Crippen LogP) is 5.45. The van der Waals surface area contributed by atoms with E-state index in [1.165, 1.54) is 0 Å². The third-order valence-corrected chi connectivity index (χ3v) is 8.96. The number of carbonyl (C=O) groups excluding carboxylic acids is 5. The Morgan fingerprint density at radius 1 is 0.769 bits per heavy atom. The Kier molecular flexibility index (Phi) is 13.2. The number of rotatable bonds is 1. The molecule has 6 bridgehead atoms. The molecule has 0 saturated heterocycles. The van der Waals surface area contributed by atoms with Crippen LogP contribution in [0.1, 0.15) is 85.7 Å². The summed E-state index contributed by atoms with van der Waals surface area (Å²) in [4.78, 5) is 69.3. The molecule has 1 atom stereocenters. The summed E-state index contributed by atoms with van der Waals surface area (Å²) in [5, 5.41) is 8.76. The second-order valence-corrected chi connectivity index (χ2v) is 15.6. The molecular formula is C41H53N5O6. The Morgan fingerprint density at radius 3 is 2.04 bits per heavy atom. The van der Waals surface area contributed by atoms with Crippen LogP contribution in [0.25, 0.3) is 0 Å². The molecule has 0 saturated carbocycles. The number of carbonyl (C=O) groups is 5. The van der Waals surface area contributed by atoms with Gasteiger partial charge in [-0.1, -0.05) is 58.9 Å². The average molecular weight is 712 g/mol. The molecule has 4 heterocycles. The molecule has 5 amide bonds. The zero-order chi connectivity index (χ0) is 38.1. The van der Waals surface area contributed by atoms with E-state index in [9.17, 15) is 24.0 Å². The van der Waals surface area contributed by atoms with Gasteiger partial charge in [0, 0.05) is 56.8 Å². The summed E-state index contributed by atoms with van der Waals surface area (Å²) >= 11 is 0. The molecule has 11 heteroatoms. The number of nitrogens with one attached hydrogen (secondary N) is 3.